The first-order valence-corrected chi connectivity index (χ1v) is 5.37. The molecule has 0 aliphatic heterocycles. The summed E-state index contributed by atoms with van der Waals surface area (Å²) in [5.74, 6) is -0.855. The maximum atomic E-state index is 13.5. The number of aromatic nitrogens is 2. The molecular formula is C12H13FN2O2. The molecule has 2 rings (SSSR count). The van der Waals surface area contributed by atoms with Gasteiger partial charge in [0.05, 0.1) is 18.0 Å². The summed E-state index contributed by atoms with van der Waals surface area (Å²) in [5, 5.41) is 0. The van der Waals surface area contributed by atoms with Crippen LogP contribution >= 0.6 is 0 Å². The maximum Gasteiger partial charge on any atom is 0.357 e. The van der Waals surface area contributed by atoms with Crippen LogP contribution in [0.4, 0.5) is 4.39 Å². The van der Waals surface area contributed by atoms with E-state index in [9.17, 15) is 9.18 Å². The summed E-state index contributed by atoms with van der Waals surface area (Å²) in [6.45, 7) is 5.31. The van der Waals surface area contributed by atoms with Gasteiger partial charge in [0.2, 0.25) is 0 Å². The predicted octanol–water partition coefficient (Wildman–Crippen LogP) is 2.27. The van der Waals surface area contributed by atoms with Gasteiger partial charge in [-0.1, -0.05) is 0 Å². The van der Waals surface area contributed by atoms with Crippen molar-refractivity contribution in [3.63, 3.8) is 0 Å². The number of ether oxygens (including phenoxy) is 1. The second kappa shape index (κ2) is 4.16. The number of halogens is 1. The molecule has 0 atom stereocenters. The fraction of sp³-hybridized carbons (Fsp3) is 0.333. The zero-order chi connectivity index (χ0) is 12.6. The lowest BCUT2D eigenvalue weighted by Gasteiger charge is -2.06. The summed E-state index contributed by atoms with van der Waals surface area (Å²) >= 11 is 0. The fourth-order valence-corrected chi connectivity index (χ4v) is 1.82. The Hall–Kier alpha value is -1.91. The number of carbonyl (C=O) groups is 1. The average molecular weight is 236 g/mol. The second-order valence-corrected chi connectivity index (χ2v) is 3.73. The number of fused-ring (bicyclic) bond motifs is 1. The Labute approximate surface area is 98.0 Å². The van der Waals surface area contributed by atoms with E-state index in [1.807, 2.05) is 0 Å². The molecular weight excluding hydrogens is 223 g/mol. The number of esters is 1. The van der Waals surface area contributed by atoms with Gasteiger partial charge < -0.3 is 4.74 Å². The number of hydrogen-bond donors (Lipinski definition) is 0. The molecule has 0 saturated heterocycles. The standard InChI is InChI=1S/C12H13FN2O2/c1-4-17-12(16)11-7(2)14-10-6-5-9(13)8(3)15(10)11/h5-6H,4H2,1-3H3. The molecule has 2 aromatic rings. The quantitative estimate of drug-likeness (QED) is 0.751. The van der Waals surface area contributed by atoms with E-state index in [1.54, 1.807) is 20.8 Å². The Morgan fingerprint density at radius 2 is 2.18 bits per heavy atom. The minimum atomic E-state index is -0.480. The zero-order valence-electron chi connectivity index (χ0n) is 9.95. The molecule has 0 spiro atoms. The van der Waals surface area contributed by atoms with Crippen LogP contribution in [0.1, 0.15) is 28.8 Å². The van der Waals surface area contributed by atoms with E-state index in [2.05, 4.69) is 4.98 Å². The van der Waals surface area contributed by atoms with Crippen molar-refractivity contribution >= 4 is 11.6 Å². The summed E-state index contributed by atoms with van der Waals surface area (Å²) in [6, 6.07) is 2.88. The van der Waals surface area contributed by atoms with Crippen molar-refractivity contribution < 1.29 is 13.9 Å². The number of carbonyl (C=O) groups excluding carboxylic acids is 1. The van der Waals surface area contributed by atoms with Gasteiger partial charge >= 0.3 is 5.97 Å². The van der Waals surface area contributed by atoms with Gasteiger partial charge in [-0.25, -0.2) is 14.2 Å². The topological polar surface area (TPSA) is 43.6 Å². The number of nitrogens with zero attached hydrogens (tertiary/aromatic N) is 2. The lowest BCUT2D eigenvalue weighted by molar-refractivity contribution is 0.0517. The molecule has 0 unspecified atom stereocenters. The number of pyridine rings is 1. The molecule has 17 heavy (non-hydrogen) atoms. The van der Waals surface area contributed by atoms with Gasteiger partial charge in [-0.15, -0.1) is 0 Å². The van der Waals surface area contributed by atoms with Crippen molar-refractivity contribution in [2.24, 2.45) is 0 Å². The Balaban J connectivity index is 2.73. The normalized spacial score (nSPS) is 10.8. The molecule has 0 N–H and O–H groups in total. The van der Waals surface area contributed by atoms with Crippen LogP contribution in [0.15, 0.2) is 12.1 Å². The molecule has 2 heterocycles. The summed E-state index contributed by atoms with van der Waals surface area (Å²) in [5.41, 5.74) is 1.73. The van der Waals surface area contributed by atoms with E-state index in [0.717, 1.165) is 0 Å². The average Bonchev–Trinajstić information content (AvgIpc) is 2.61. The molecule has 0 radical (unpaired) electrons. The third kappa shape index (κ3) is 1.77. The van der Waals surface area contributed by atoms with Crippen LogP contribution in [0.2, 0.25) is 0 Å². The van der Waals surface area contributed by atoms with Crippen molar-refractivity contribution in [3.8, 4) is 0 Å². The summed E-state index contributed by atoms with van der Waals surface area (Å²) < 4.78 is 19.9. The van der Waals surface area contributed by atoms with Crippen LogP contribution in [-0.2, 0) is 4.74 Å². The number of hydrogen-bond acceptors (Lipinski definition) is 3. The van der Waals surface area contributed by atoms with Gasteiger partial charge in [0, 0.05) is 0 Å². The lowest BCUT2D eigenvalue weighted by Crippen LogP contribution is -2.11. The van der Waals surface area contributed by atoms with Gasteiger partial charge in [0.1, 0.15) is 11.5 Å². The molecule has 0 amide bonds. The highest BCUT2D eigenvalue weighted by atomic mass is 19.1. The van der Waals surface area contributed by atoms with E-state index < -0.39 is 5.97 Å². The highest BCUT2D eigenvalue weighted by Gasteiger charge is 2.19. The highest BCUT2D eigenvalue weighted by Crippen LogP contribution is 2.17. The monoisotopic (exact) mass is 236 g/mol. The third-order valence-electron chi connectivity index (χ3n) is 2.61. The highest BCUT2D eigenvalue weighted by molar-refractivity contribution is 5.90. The zero-order valence-corrected chi connectivity index (χ0v) is 9.95. The number of aryl methyl sites for hydroxylation is 2. The Bertz CT molecular complexity index is 590. The first-order valence-electron chi connectivity index (χ1n) is 5.37. The summed E-state index contributed by atoms with van der Waals surface area (Å²) in [7, 11) is 0. The van der Waals surface area contributed by atoms with E-state index in [1.165, 1.54) is 16.5 Å². The minimum absolute atomic E-state index is 0.278. The van der Waals surface area contributed by atoms with Crippen molar-refractivity contribution in [2.45, 2.75) is 20.8 Å². The molecule has 0 bridgehead atoms. The van der Waals surface area contributed by atoms with E-state index >= 15 is 0 Å². The van der Waals surface area contributed by atoms with Gasteiger partial charge in [-0.05, 0) is 32.9 Å². The van der Waals surface area contributed by atoms with Gasteiger partial charge in [0.15, 0.2) is 5.69 Å². The molecule has 5 heteroatoms. The summed E-state index contributed by atoms with van der Waals surface area (Å²) in [6.07, 6.45) is 0. The predicted molar refractivity (Wildman–Crippen MR) is 60.6 cm³/mol. The molecule has 90 valence electrons. The first kappa shape index (κ1) is 11.6. The largest absolute Gasteiger partial charge is 0.461 e. The van der Waals surface area contributed by atoms with Crippen LogP contribution in [0, 0.1) is 19.7 Å². The van der Waals surface area contributed by atoms with Crippen molar-refractivity contribution in [1.29, 1.82) is 0 Å². The van der Waals surface area contributed by atoms with Crippen LogP contribution in [0.3, 0.4) is 0 Å². The van der Waals surface area contributed by atoms with Crippen LogP contribution in [-0.4, -0.2) is 22.0 Å². The smallest absolute Gasteiger partial charge is 0.357 e. The molecule has 2 aromatic heterocycles. The fourth-order valence-electron chi connectivity index (χ4n) is 1.82. The lowest BCUT2D eigenvalue weighted by atomic mass is 10.3. The Morgan fingerprint density at radius 1 is 1.47 bits per heavy atom. The summed E-state index contributed by atoms with van der Waals surface area (Å²) in [4.78, 5) is 16.0. The Morgan fingerprint density at radius 3 is 2.82 bits per heavy atom. The van der Waals surface area contributed by atoms with Gasteiger partial charge in [-0.3, -0.25) is 4.40 Å². The Kier molecular flexibility index (Phi) is 2.83. The van der Waals surface area contributed by atoms with E-state index in [0.29, 0.717) is 22.7 Å². The van der Waals surface area contributed by atoms with E-state index in [4.69, 9.17) is 4.74 Å². The molecule has 0 aliphatic carbocycles. The molecule has 0 aromatic carbocycles. The number of imidazole rings is 1. The molecule has 0 fully saturated rings. The number of rotatable bonds is 2. The SMILES string of the molecule is CCOC(=O)c1c(C)nc2ccc(F)c(C)n12. The van der Waals surface area contributed by atoms with Crippen LogP contribution in [0.25, 0.3) is 5.65 Å². The molecule has 4 nitrogen and oxygen atoms in total. The van der Waals surface area contributed by atoms with Crippen molar-refractivity contribution in [1.82, 2.24) is 9.38 Å². The van der Waals surface area contributed by atoms with Crippen LogP contribution in [0.5, 0.6) is 0 Å². The van der Waals surface area contributed by atoms with Gasteiger partial charge in [-0.2, -0.15) is 0 Å². The second-order valence-electron chi connectivity index (χ2n) is 3.73. The third-order valence-corrected chi connectivity index (χ3v) is 2.61. The maximum absolute atomic E-state index is 13.5. The first-order chi connectivity index (χ1) is 8.06. The van der Waals surface area contributed by atoms with Gasteiger partial charge in [0.25, 0.3) is 0 Å². The van der Waals surface area contributed by atoms with E-state index in [-0.39, 0.29) is 12.4 Å². The van der Waals surface area contributed by atoms with Crippen molar-refractivity contribution in [2.75, 3.05) is 6.61 Å². The minimum Gasteiger partial charge on any atom is -0.461 e. The van der Waals surface area contributed by atoms with Crippen molar-refractivity contribution in [3.05, 3.63) is 35.0 Å². The van der Waals surface area contributed by atoms with Crippen LogP contribution < -0.4 is 0 Å². The molecule has 0 aliphatic rings. The molecule has 0 saturated carbocycles.